The molecule has 0 heterocycles. The van der Waals surface area contributed by atoms with Crippen molar-refractivity contribution in [2.45, 2.75) is 27.6 Å². The molecule has 116 valence electrons. The Kier molecular flexibility index (Phi) is 5.26. The first-order valence-electron chi connectivity index (χ1n) is 3.86. The van der Waals surface area contributed by atoms with Gasteiger partial charge in [0, 0.05) is 0 Å². The quantitative estimate of drug-likeness (QED) is 0.450. The lowest BCUT2D eigenvalue weighted by Gasteiger charge is -2.32. The van der Waals surface area contributed by atoms with Crippen molar-refractivity contribution < 1.29 is 48.6 Å². The molecule has 0 aliphatic heterocycles. The number of hydrogen-bond acceptors (Lipinski definition) is 1. The van der Waals surface area contributed by atoms with E-state index in [0.717, 1.165) is 0 Å². The Morgan fingerprint density at radius 2 is 1.05 bits per heavy atom. The number of hydrogen-bond donors (Lipinski definition) is 0. The first kappa shape index (κ1) is 19.2. The predicted molar refractivity (Wildman–Crippen MR) is 48.5 cm³/mol. The van der Waals surface area contributed by atoms with Crippen LogP contribution in [0.3, 0.4) is 0 Å². The van der Waals surface area contributed by atoms with Crippen LogP contribution in [0, 0.1) is 0 Å². The molecule has 0 spiro atoms. The molecule has 0 saturated carbocycles. The van der Waals surface area contributed by atoms with Crippen LogP contribution in [0.1, 0.15) is 0 Å². The summed E-state index contributed by atoms with van der Waals surface area (Å²) in [7, 11) is 0. The van der Waals surface area contributed by atoms with Crippen molar-refractivity contribution >= 4 is 31.9 Å². The Balaban J connectivity index is 5.01. The zero-order valence-corrected chi connectivity index (χ0v) is 11.3. The summed E-state index contributed by atoms with van der Waals surface area (Å²) in [6, 6.07) is 0. The highest BCUT2D eigenvalue weighted by atomic mass is 79.9. The molecule has 0 aliphatic rings. The number of alkyl halides is 12. The molecule has 0 aromatic heterocycles. The highest BCUT2D eigenvalue weighted by Crippen LogP contribution is 2.53. The van der Waals surface area contributed by atoms with E-state index in [4.69, 9.17) is 0 Å². The molecule has 0 radical (unpaired) electrons. The highest BCUT2D eigenvalue weighted by Gasteiger charge is 2.70. The van der Waals surface area contributed by atoms with Crippen LogP contribution in [0.15, 0.2) is 0 Å². The van der Waals surface area contributed by atoms with Gasteiger partial charge in [0.25, 0.3) is 0 Å². The molecule has 0 saturated heterocycles. The van der Waals surface area contributed by atoms with Gasteiger partial charge in [-0.2, -0.15) is 39.5 Å². The summed E-state index contributed by atoms with van der Waals surface area (Å²) in [4.78, 5) is 0. The van der Waals surface area contributed by atoms with E-state index in [9.17, 15) is 43.9 Å². The fraction of sp³-hybridized carbons (Fsp3) is 1.00. The van der Waals surface area contributed by atoms with E-state index in [1.165, 1.54) is 31.9 Å². The van der Waals surface area contributed by atoms with Gasteiger partial charge in [0.05, 0.1) is 0 Å². The van der Waals surface area contributed by atoms with E-state index in [0.29, 0.717) is 0 Å². The van der Waals surface area contributed by atoms with Gasteiger partial charge in [-0.25, -0.2) is 4.39 Å². The summed E-state index contributed by atoms with van der Waals surface area (Å²) in [5, 5.41) is 0. The lowest BCUT2D eigenvalue weighted by atomic mass is 10.3. The molecule has 0 unspecified atom stereocenters. The summed E-state index contributed by atoms with van der Waals surface area (Å²) in [6.07, 6.45) is -12.2. The molecule has 0 aliphatic carbocycles. The van der Waals surface area contributed by atoms with Crippen LogP contribution in [0.25, 0.3) is 0 Å². The van der Waals surface area contributed by atoms with E-state index in [-0.39, 0.29) is 0 Å². The van der Waals surface area contributed by atoms with Gasteiger partial charge >= 0.3 is 27.6 Å². The fourth-order valence-electron chi connectivity index (χ4n) is 0.519. The number of rotatable bonds is 4. The molecular weight excluding hydrogens is 438 g/mol. The lowest BCUT2D eigenvalue weighted by Crippen LogP contribution is -2.53. The van der Waals surface area contributed by atoms with E-state index in [1.54, 1.807) is 0 Å². The van der Waals surface area contributed by atoms with Crippen molar-refractivity contribution in [3.8, 4) is 0 Å². The Hall–Kier alpha value is 0.220. The third-order valence-corrected chi connectivity index (χ3v) is 3.84. The third-order valence-electron chi connectivity index (χ3n) is 1.57. The largest absolute Gasteiger partial charge is 0.455 e. The van der Waals surface area contributed by atoms with Crippen molar-refractivity contribution in [3.63, 3.8) is 0 Å². The summed E-state index contributed by atoms with van der Waals surface area (Å²) in [5.41, 5.74) is 0. The Labute approximate surface area is 115 Å². The van der Waals surface area contributed by atoms with Crippen LogP contribution in [0.4, 0.5) is 43.9 Å². The first-order valence-corrected chi connectivity index (χ1v) is 5.45. The fourth-order valence-corrected chi connectivity index (χ4v) is 0.972. The second kappa shape index (κ2) is 5.20. The van der Waals surface area contributed by atoms with Crippen LogP contribution in [0.2, 0.25) is 0 Å². The average Bonchev–Trinajstić information content (AvgIpc) is 2.11. The smallest absolute Gasteiger partial charge is 0.327 e. The summed E-state index contributed by atoms with van der Waals surface area (Å²) < 4.78 is 115. The second-order valence-electron chi connectivity index (χ2n) is 3.08. The van der Waals surface area contributed by atoms with Crippen LogP contribution in [0.5, 0.6) is 0 Å². The maximum Gasteiger partial charge on any atom is 0.455 e. The Morgan fingerprint density at radius 3 is 1.32 bits per heavy atom. The summed E-state index contributed by atoms with van der Waals surface area (Å²) in [6.45, 7) is -2.86. The monoisotopic (exact) mass is 438 g/mol. The molecule has 0 aromatic carbocycles. The molecule has 13 heteroatoms. The van der Waals surface area contributed by atoms with Crippen molar-refractivity contribution in [1.29, 1.82) is 0 Å². The maximum atomic E-state index is 13.1. The zero-order chi connectivity index (χ0) is 15.9. The maximum absolute atomic E-state index is 13.1. The summed E-state index contributed by atoms with van der Waals surface area (Å²) in [5.74, 6) is -5.66. The standard InChI is InChI=1S/C6H2Br2F10O/c7-3(11,6(16,17)18)4(8,12)19-1-2(9,10)5(13,14)15/h1H2/t3-,4+/m0/s1. The first-order chi connectivity index (χ1) is 7.96. The van der Waals surface area contributed by atoms with Gasteiger partial charge in [-0.3, -0.25) is 0 Å². The molecule has 0 aromatic rings. The average molecular weight is 440 g/mol. The molecule has 0 fully saturated rings. The predicted octanol–water partition coefficient (Wildman–Crippen LogP) is 4.84. The minimum absolute atomic E-state index is 1.18. The molecule has 0 bridgehead atoms. The minimum atomic E-state index is -6.19. The normalized spacial score (nSPS) is 20.8. The molecule has 1 nitrogen and oxygen atoms in total. The highest BCUT2D eigenvalue weighted by molar-refractivity contribution is 9.12. The minimum Gasteiger partial charge on any atom is -0.327 e. The van der Waals surface area contributed by atoms with E-state index in [2.05, 4.69) is 4.74 Å². The van der Waals surface area contributed by atoms with Crippen molar-refractivity contribution in [1.82, 2.24) is 0 Å². The van der Waals surface area contributed by atoms with Gasteiger partial charge in [0.1, 0.15) is 6.61 Å². The summed E-state index contributed by atoms with van der Waals surface area (Å²) >= 11 is 2.50. The van der Waals surface area contributed by atoms with Gasteiger partial charge < -0.3 is 4.74 Å². The number of halogens is 12. The van der Waals surface area contributed by atoms with E-state index in [1.807, 2.05) is 0 Å². The van der Waals surface area contributed by atoms with Crippen LogP contribution >= 0.6 is 31.9 Å². The topological polar surface area (TPSA) is 9.23 Å². The molecule has 0 amide bonds. The lowest BCUT2D eigenvalue weighted by molar-refractivity contribution is -0.321. The molecule has 0 N–H and O–H groups in total. The molecule has 2 atom stereocenters. The zero-order valence-electron chi connectivity index (χ0n) is 8.15. The van der Waals surface area contributed by atoms with Gasteiger partial charge in [-0.05, 0) is 31.9 Å². The van der Waals surface area contributed by atoms with Crippen molar-refractivity contribution in [2.24, 2.45) is 0 Å². The van der Waals surface area contributed by atoms with Gasteiger partial charge in [-0.15, -0.1) is 0 Å². The van der Waals surface area contributed by atoms with Crippen LogP contribution in [-0.4, -0.2) is 34.2 Å². The van der Waals surface area contributed by atoms with Crippen molar-refractivity contribution in [2.75, 3.05) is 6.61 Å². The van der Waals surface area contributed by atoms with Crippen molar-refractivity contribution in [3.05, 3.63) is 0 Å². The number of ether oxygens (including phenoxy) is 1. The third kappa shape index (κ3) is 4.09. The Morgan fingerprint density at radius 1 is 0.684 bits per heavy atom. The Bertz CT molecular complexity index is 319. The SMILES string of the molecule is FC(F)(F)C(F)(F)CO[C@@](F)(Br)[C@@](F)(Br)C(F)(F)F. The molecular formula is C6H2Br2F10O. The van der Waals surface area contributed by atoms with E-state index >= 15 is 0 Å². The van der Waals surface area contributed by atoms with Gasteiger partial charge in [-0.1, -0.05) is 0 Å². The van der Waals surface area contributed by atoms with E-state index < -0.39 is 34.2 Å². The second-order valence-corrected chi connectivity index (χ2v) is 5.19. The van der Waals surface area contributed by atoms with Gasteiger partial charge in [0.2, 0.25) is 0 Å². The van der Waals surface area contributed by atoms with Crippen LogP contribution in [-0.2, 0) is 4.74 Å². The molecule has 19 heavy (non-hydrogen) atoms. The van der Waals surface area contributed by atoms with Gasteiger partial charge in [0.15, 0.2) is 0 Å². The molecule has 0 rings (SSSR count). The van der Waals surface area contributed by atoms with Crippen LogP contribution < -0.4 is 0 Å².